The summed E-state index contributed by atoms with van der Waals surface area (Å²) in [7, 11) is 0. The first-order valence-electron chi connectivity index (χ1n) is 8.67. The van der Waals surface area contributed by atoms with Gasteiger partial charge in [0.05, 0.1) is 4.88 Å². The van der Waals surface area contributed by atoms with Gasteiger partial charge >= 0.3 is 0 Å². The van der Waals surface area contributed by atoms with Crippen molar-refractivity contribution in [3.05, 3.63) is 58.3 Å². The lowest BCUT2D eigenvalue weighted by Gasteiger charge is -2.11. The van der Waals surface area contributed by atoms with Crippen LogP contribution in [0.15, 0.2) is 52.8 Å². The molecule has 1 amide bonds. The van der Waals surface area contributed by atoms with Crippen molar-refractivity contribution in [1.82, 2.24) is 16.0 Å². The number of rotatable bonds is 9. The molecule has 0 atom stereocenters. The molecule has 2 rings (SSSR count). The molecule has 134 valence electrons. The fourth-order valence-electron chi connectivity index (χ4n) is 2.28. The highest BCUT2D eigenvalue weighted by molar-refractivity contribution is 7.12. The molecule has 5 nitrogen and oxygen atoms in total. The van der Waals surface area contributed by atoms with Crippen LogP contribution in [0.4, 0.5) is 0 Å². The number of hydrogen-bond acceptors (Lipinski definition) is 3. The smallest absolute Gasteiger partial charge is 0.261 e. The highest BCUT2D eigenvalue weighted by Crippen LogP contribution is 2.07. The summed E-state index contributed by atoms with van der Waals surface area (Å²) in [5, 5.41) is 11.4. The minimum absolute atomic E-state index is 0.00753. The van der Waals surface area contributed by atoms with Crippen LogP contribution in [-0.4, -0.2) is 38.0 Å². The third kappa shape index (κ3) is 7.39. The molecule has 0 fully saturated rings. The van der Waals surface area contributed by atoms with Crippen molar-refractivity contribution in [2.45, 2.75) is 19.8 Å². The van der Waals surface area contributed by atoms with Gasteiger partial charge in [-0.2, -0.15) is 0 Å². The summed E-state index contributed by atoms with van der Waals surface area (Å²) >= 11 is 1.45. The standard InChI is InChI=1S/C19H26N4OS/c1-2-20-19(23-14-11-16-8-4-3-5-9-16)22-13-7-12-21-18(24)17-10-6-15-25-17/h3-6,8-10,15H,2,7,11-14H2,1H3,(H,21,24)(H2,20,22,23). The van der Waals surface area contributed by atoms with Gasteiger partial charge in [0.2, 0.25) is 0 Å². The molecule has 0 bridgehead atoms. The van der Waals surface area contributed by atoms with Gasteiger partial charge in [-0.05, 0) is 36.8 Å². The highest BCUT2D eigenvalue weighted by Gasteiger charge is 2.04. The lowest BCUT2D eigenvalue weighted by Crippen LogP contribution is -2.38. The summed E-state index contributed by atoms with van der Waals surface area (Å²) in [4.78, 5) is 17.1. The summed E-state index contributed by atoms with van der Waals surface area (Å²) < 4.78 is 0. The van der Waals surface area contributed by atoms with Crippen LogP contribution in [-0.2, 0) is 6.42 Å². The second-order valence-electron chi connectivity index (χ2n) is 5.51. The van der Waals surface area contributed by atoms with Gasteiger partial charge in [0.25, 0.3) is 5.91 Å². The van der Waals surface area contributed by atoms with Crippen LogP contribution < -0.4 is 16.0 Å². The SMILES string of the molecule is CCNC(=NCCCNC(=O)c1cccs1)NCCc1ccccc1. The number of nitrogens with one attached hydrogen (secondary N) is 3. The van der Waals surface area contributed by atoms with E-state index in [0.717, 1.165) is 36.8 Å². The Bertz CT molecular complexity index is 641. The van der Waals surface area contributed by atoms with Crippen molar-refractivity contribution in [2.75, 3.05) is 26.2 Å². The van der Waals surface area contributed by atoms with E-state index in [1.165, 1.54) is 16.9 Å². The Balaban J connectivity index is 1.65. The minimum Gasteiger partial charge on any atom is -0.357 e. The fourth-order valence-corrected chi connectivity index (χ4v) is 2.92. The summed E-state index contributed by atoms with van der Waals surface area (Å²) in [6.07, 6.45) is 1.77. The van der Waals surface area contributed by atoms with Gasteiger partial charge in [-0.3, -0.25) is 9.79 Å². The second kappa shape index (κ2) is 11.3. The molecular weight excluding hydrogens is 332 g/mol. The monoisotopic (exact) mass is 358 g/mol. The minimum atomic E-state index is -0.00753. The van der Waals surface area contributed by atoms with Crippen LogP contribution in [0.1, 0.15) is 28.6 Å². The highest BCUT2D eigenvalue weighted by atomic mass is 32.1. The van der Waals surface area contributed by atoms with Crippen molar-refractivity contribution >= 4 is 23.2 Å². The second-order valence-corrected chi connectivity index (χ2v) is 6.46. The van der Waals surface area contributed by atoms with Crippen LogP contribution in [0.3, 0.4) is 0 Å². The van der Waals surface area contributed by atoms with Gasteiger partial charge in [-0.25, -0.2) is 0 Å². The number of benzene rings is 1. The normalized spacial score (nSPS) is 11.2. The quantitative estimate of drug-likeness (QED) is 0.367. The molecular formula is C19H26N4OS. The van der Waals surface area contributed by atoms with Crippen molar-refractivity contribution < 1.29 is 4.79 Å². The van der Waals surface area contributed by atoms with Crippen molar-refractivity contribution in [3.63, 3.8) is 0 Å². The predicted molar refractivity (Wildman–Crippen MR) is 105 cm³/mol. The first kappa shape index (κ1) is 19.0. The van der Waals surface area contributed by atoms with E-state index in [0.29, 0.717) is 13.1 Å². The Morgan fingerprint density at radius 3 is 2.60 bits per heavy atom. The molecule has 25 heavy (non-hydrogen) atoms. The van der Waals surface area contributed by atoms with Crippen molar-refractivity contribution in [2.24, 2.45) is 4.99 Å². The molecule has 0 aliphatic rings. The third-order valence-electron chi connectivity index (χ3n) is 3.53. The van der Waals surface area contributed by atoms with Crippen LogP contribution >= 0.6 is 11.3 Å². The lowest BCUT2D eigenvalue weighted by molar-refractivity contribution is 0.0957. The topological polar surface area (TPSA) is 65.5 Å². The Labute approximate surface area is 153 Å². The summed E-state index contributed by atoms with van der Waals surface area (Å²) in [5.41, 5.74) is 1.31. The van der Waals surface area contributed by atoms with Gasteiger partial charge in [0.15, 0.2) is 5.96 Å². The van der Waals surface area contributed by atoms with E-state index < -0.39 is 0 Å². The number of guanidine groups is 1. The molecule has 0 aliphatic carbocycles. The lowest BCUT2D eigenvalue weighted by atomic mass is 10.1. The average molecular weight is 359 g/mol. The predicted octanol–water partition coefficient (Wildman–Crippen LogP) is 2.67. The zero-order chi connectivity index (χ0) is 17.7. The van der Waals surface area contributed by atoms with Crippen LogP contribution in [0.2, 0.25) is 0 Å². The number of carbonyl (C=O) groups excluding carboxylic acids is 1. The Hall–Kier alpha value is -2.34. The molecule has 1 aromatic carbocycles. The van der Waals surface area contributed by atoms with Crippen LogP contribution in [0.5, 0.6) is 0 Å². The zero-order valence-corrected chi connectivity index (χ0v) is 15.4. The molecule has 0 unspecified atom stereocenters. The van der Waals surface area contributed by atoms with E-state index in [9.17, 15) is 4.79 Å². The third-order valence-corrected chi connectivity index (χ3v) is 4.40. The number of thiophene rings is 1. The van der Waals surface area contributed by atoms with E-state index in [1.54, 1.807) is 0 Å². The van der Waals surface area contributed by atoms with E-state index >= 15 is 0 Å². The van der Waals surface area contributed by atoms with Gasteiger partial charge in [-0.15, -0.1) is 11.3 Å². The molecule has 0 saturated carbocycles. The summed E-state index contributed by atoms with van der Waals surface area (Å²) in [5.74, 6) is 0.815. The Morgan fingerprint density at radius 1 is 1.04 bits per heavy atom. The molecule has 0 saturated heterocycles. The molecule has 1 aromatic heterocycles. The summed E-state index contributed by atoms with van der Waals surface area (Å²) in [6, 6.07) is 14.1. The number of carbonyl (C=O) groups is 1. The van der Waals surface area contributed by atoms with Gasteiger partial charge in [0.1, 0.15) is 0 Å². The van der Waals surface area contributed by atoms with Gasteiger partial charge in [-0.1, -0.05) is 36.4 Å². The summed E-state index contributed by atoms with van der Waals surface area (Å²) in [6.45, 7) is 5.02. The molecule has 0 aliphatic heterocycles. The molecule has 3 N–H and O–H groups in total. The molecule has 1 heterocycles. The maximum absolute atomic E-state index is 11.8. The molecule has 0 radical (unpaired) electrons. The van der Waals surface area contributed by atoms with Gasteiger partial charge < -0.3 is 16.0 Å². The van der Waals surface area contributed by atoms with Crippen LogP contribution in [0.25, 0.3) is 0 Å². The first-order valence-corrected chi connectivity index (χ1v) is 9.55. The largest absolute Gasteiger partial charge is 0.357 e. The number of nitrogens with zero attached hydrogens (tertiary/aromatic N) is 1. The molecule has 2 aromatic rings. The maximum Gasteiger partial charge on any atom is 0.261 e. The average Bonchev–Trinajstić information content (AvgIpc) is 3.17. The maximum atomic E-state index is 11.8. The van der Waals surface area contributed by atoms with E-state index in [1.807, 2.05) is 23.6 Å². The van der Waals surface area contributed by atoms with Crippen molar-refractivity contribution in [1.29, 1.82) is 0 Å². The van der Waals surface area contributed by atoms with E-state index in [2.05, 4.69) is 52.1 Å². The molecule has 6 heteroatoms. The number of aliphatic imine (C=N–C) groups is 1. The number of hydrogen-bond donors (Lipinski definition) is 3. The van der Waals surface area contributed by atoms with Crippen LogP contribution in [0, 0.1) is 0 Å². The first-order chi connectivity index (χ1) is 12.3. The van der Waals surface area contributed by atoms with E-state index in [-0.39, 0.29) is 5.91 Å². The molecule has 0 spiro atoms. The number of amides is 1. The Kier molecular flexibility index (Phi) is 8.55. The van der Waals surface area contributed by atoms with E-state index in [4.69, 9.17) is 0 Å². The van der Waals surface area contributed by atoms with Gasteiger partial charge in [0, 0.05) is 26.2 Å². The Morgan fingerprint density at radius 2 is 1.88 bits per heavy atom. The van der Waals surface area contributed by atoms with Crippen molar-refractivity contribution in [3.8, 4) is 0 Å². The zero-order valence-electron chi connectivity index (χ0n) is 14.6. The fraction of sp³-hybridized carbons (Fsp3) is 0.368.